The van der Waals surface area contributed by atoms with Gasteiger partial charge in [-0.05, 0) is 74.0 Å². The molecule has 0 aromatic carbocycles. The largest absolute Gasteiger partial charge is 0.195 e. The van der Waals surface area contributed by atoms with Gasteiger partial charge in [0.25, 0.3) is 0 Å². The summed E-state index contributed by atoms with van der Waals surface area (Å²) in [5.74, 6) is 3.29. The maximum absolute atomic E-state index is 2.67. The minimum absolute atomic E-state index is 0.435. The fraction of sp³-hybridized carbons (Fsp3) is 1.00. The molecule has 3 aliphatic rings. The van der Waals surface area contributed by atoms with Crippen molar-refractivity contribution >= 4 is 19.9 Å². The lowest BCUT2D eigenvalue weighted by atomic mass is 9.82. The van der Waals surface area contributed by atoms with Crippen molar-refractivity contribution in [1.82, 2.24) is 0 Å². The van der Waals surface area contributed by atoms with Gasteiger partial charge in [0.2, 0.25) is 0 Å². The molecule has 0 heterocycles. The van der Waals surface area contributed by atoms with Gasteiger partial charge in [0.05, 0.1) is 0 Å². The minimum atomic E-state index is -0.435. The Balaban J connectivity index is 1.52. The molecule has 3 fully saturated rings. The van der Waals surface area contributed by atoms with Gasteiger partial charge in [0, 0.05) is 5.25 Å². The summed E-state index contributed by atoms with van der Waals surface area (Å²) in [5.41, 5.74) is 0. The first-order valence-electron chi connectivity index (χ1n) is 10.0. The van der Waals surface area contributed by atoms with Crippen LogP contribution in [0.2, 0.25) is 0 Å². The smallest absolute Gasteiger partial charge is 0.0167 e. The Morgan fingerprint density at radius 2 is 1.77 bits per heavy atom. The molecule has 130 valence electrons. The zero-order valence-electron chi connectivity index (χ0n) is 15.2. The highest BCUT2D eigenvalue weighted by atomic mass is 33.2. The van der Waals surface area contributed by atoms with Crippen LogP contribution in [0, 0.1) is 17.8 Å². The maximum atomic E-state index is 2.67. The molecule has 0 aromatic heterocycles. The second-order valence-corrected chi connectivity index (χ2v) is 15.9. The predicted octanol–water partition coefficient (Wildman–Crippen LogP) is 7.03. The summed E-state index contributed by atoms with van der Waals surface area (Å²) in [7, 11) is 2.07. The molecule has 0 N–H and O–H groups in total. The van der Waals surface area contributed by atoms with Crippen LogP contribution in [0.3, 0.4) is 0 Å². The first-order valence-corrected chi connectivity index (χ1v) is 13.9. The average Bonchev–Trinajstić information content (AvgIpc) is 3.13. The number of fused-ring (bicyclic) bond motifs is 1. The van der Waals surface area contributed by atoms with E-state index in [-0.39, 0.29) is 0 Å². The van der Waals surface area contributed by atoms with Crippen molar-refractivity contribution in [3.63, 3.8) is 0 Å². The lowest BCUT2D eigenvalue weighted by molar-refractivity contribution is 0.281. The highest BCUT2D eigenvalue weighted by Gasteiger charge is 2.42. The average molecular weight is 343 g/mol. The Labute approximate surface area is 144 Å². The summed E-state index contributed by atoms with van der Waals surface area (Å²) in [6, 6.07) is 0. The minimum Gasteiger partial charge on any atom is -0.195 e. The van der Waals surface area contributed by atoms with Gasteiger partial charge in [-0.25, -0.2) is 0 Å². The molecule has 0 bridgehead atoms. The van der Waals surface area contributed by atoms with Crippen LogP contribution in [0.1, 0.15) is 84.0 Å². The molecule has 5 atom stereocenters. The maximum Gasteiger partial charge on any atom is 0.0167 e. The van der Waals surface area contributed by atoms with E-state index in [1.54, 1.807) is 44.9 Å². The number of hydrogen-bond acceptors (Lipinski definition) is 1. The summed E-state index contributed by atoms with van der Waals surface area (Å²) in [6.45, 7) is 2.35. The van der Waals surface area contributed by atoms with Crippen molar-refractivity contribution in [1.29, 1.82) is 0 Å². The first-order chi connectivity index (χ1) is 10.6. The monoisotopic (exact) mass is 342 g/mol. The summed E-state index contributed by atoms with van der Waals surface area (Å²) < 4.78 is 0. The van der Waals surface area contributed by atoms with Crippen LogP contribution in [0.15, 0.2) is 0 Å². The first kappa shape index (κ1) is 17.5. The zero-order chi connectivity index (χ0) is 15.6. The summed E-state index contributed by atoms with van der Waals surface area (Å²) in [5, 5.41) is 2.10. The molecule has 0 aromatic rings. The Bertz CT molecular complexity index is 352. The Hall–Kier alpha value is 0.700. The molecular weight excluding hydrogens is 304 g/mol. The summed E-state index contributed by atoms with van der Waals surface area (Å²) >= 11 is 0. The molecule has 0 saturated heterocycles. The van der Waals surface area contributed by atoms with Gasteiger partial charge in [-0.2, -0.15) is 9.06 Å². The Kier molecular flexibility index (Phi) is 6.15. The van der Waals surface area contributed by atoms with Gasteiger partial charge in [0.15, 0.2) is 0 Å². The third kappa shape index (κ3) is 4.02. The van der Waals surface area contributed by atoms with Gasteiger partial charge >= 0.3 is 0 Å². The van der Waals surface area contributed by atoms with Crippen molar-refractivity contribution in [3.8, 4) is 0 Å². The van der Waals surface area contributed by atoms with Crippen LogP contribution >= 0.6 is 19.9 Å². The highest BCUT2D eigenvalue weighted by Crippen LogP contribution is 2.67. The normalized spacial score (nSPS) is 39.9. The van der Waals surface area contributed by atoms with Crippen LogP contribution in [0.4, 0.5) is 0 Å². The molecule has 3 saturated carbocycles. The lowest BCUT2D eigenvalue weighted by Crippen LogP contribution is -2.22. The number of unbranched alkanes of at least 4 members (excludes halogenated alkanes) is 1. The summed E-state index contributed by atoms with van der Waals surface area (Å²) in [6.07, 6.45) is 23.6. The van der Waals surface area contributed by atoms with Crippen molar-refractivity contribution in [3.05, 3.63) is 0 Å². The summed E-state index contributed by atoms with van der Waals surface area (Å²) in [4.78, 5) is 0. The van der Waals surface area contributed by atoms with E-state index in [1.807, 2.05) is 0 Å². The molecule has 0 aliphatic heterocycles. The molecule has 0 amide bonds. The predicted molar refractivity (Wildman–Crippen MR) is 106 cm³/mol. The van der Waals surface area contributed by atoms with Gasteiger partial charge in [-0.1, -0.05) is 45.4 Å². The second-order valence-electron chi connectivity index (χ2n) is 8.67. The third-order valence-electron chi connectivity index (χ3n) is 6.90. The molecular formula is C20H38S2. The fourth-order valence-electron chi connectivity index (χ4n) is 5.49. The highest BCUT2D eigenvalue weighted by molar-refractivity contribution is 8.94. The zero-order valence-corrected chi connectivity index (χ0v) is 16.8. The Morgan fingerprint density at radius 3 is 2.59 bits per heavy atom. The van der Waals surface area contributed by atoms with E-state index in [2.05, 4.69) is 30.2 Å². The van der Waals surface area contributed by atoms with Gasteiger partial charge in [0.1, 0.15) is 0 Å². The van der Waals surface area contributed by atoms with E-state index in [9.17, 15) is 0 Å². The van der Waals surface area contributed by atoms with E-state index in [4.69, 9.17) is 0 Å². The van der Waals surface area contributed by atoms with E-state index >= 15 is 0 Å². The standard InChI is InChI=1S/C20H38S2/c1-4-5-8-16-11-13-18(15-16)22(2,3)21-20-14-12-17-9-6-7-10-19(17)20/h16-20H,4-15H2,1-3H3. The second kappa shape index (κ2) is 7.72. The molecule has 3 rings (SSSR count). The molecule has 0 radical (unpaired) electrons. The molecule has 22 heavy (non-hydrogen) atoms. The Morgan fingerprint density at radius 1 is 0.955 bits per heavy atom. The number of rotatable bonds is 6. The van der Waals surface area contributed by atoms with Crippen molar-refractivity contribution in [2.75, 3.05) is 12.5 Å². The third-order valence-corrected chi connectivity index (χ3v) is 13.3. The van der Waals surface area contributed by atoms with Crippen LogP contribution in [0.25, 0.3) is 0 Å². The van der Waals surface area contributed by atoms with E-state index < -0.39 is 9.06 Å². The van der Waals surface area contributed by atoms with Gasteiger partial charge in [-0.3, -0.25) is 0 Å². The van der Waals surface area contributed by atoms with E-state index in [0.717, 1.165) is 28.3 Å². The van der Waals surface area contributed by atoms with Crippen molar-refractivity contribution in [2.45, 2.75) is 94.5 Å². The van der Waals surface area contributed by atoms with Crippen LogP contribution in [0.5, 0.6) is 0 Å². The van der Waals surface area contributed by atoms with E-state index in [1.165, 1.54) is 32.1 Å². The van der Waals surface area contributed by atoms with Crippen LogP contribution in [-0.4, -0.2) is 23.0 Å². The fourth-order valence-corrected chi connectivity index (χ4v) is 12.1. The van der Waals surface area contributed by atoms with E-state index in [0.29, 0.717) is 0 Å². The topological polar surface area (TPSA) is 0 Å². The molecule has 0 nitrogen and oxygen atoms in total. The van der Waals surface area contributed by atoms with Crippen LogP contribution < -0.4 is 0 Å². The lowest BCUT2D eigenvalue weighted by Gasteiger charge is -2.41. The molecule has 0 spiro atoms. The molecule has 5 unspecified atom stereocenters. The quantitative estimate of drug-likeness (QED) is 0.467. The van der Waals surface area contributed by atoms with Crippen LogP contribution in [-0.2, 0) is 0 Å². The molecule has 2 heteroatoms. The SMILES string of the molecule is CCCCC1CCC(S(C)(C)SC2CCC3CCCCC32)C1. The molecule has 3 aliphatic carbocycles. The van der Waals surface area contributed by atoms with Gasteiger partial charge in [-0.15, -0.1) is 10.8 Å². The number of hydrogen-bond donors (Lipinski definition) is 0. The van der Waals surface area contributed by atoms with Gasteiger partial charge < -0.3 is 0 Å². The van der Waals surface area contributed by atoms with Crippen molar-refractivity contribution in [2.24, 2.45) is 17.8 Å². The van der Waals surface area contributed by atoms with Crippen molar-refractivity contribution < 1.29 is 0 Å².